The van der Waals surface area contributed by atoms with Crippen LogP contribution < -0.4 is 5.32 Å². The topological polar surface area (TPSA) is 116 Å². The van der Waals surface area contributed by atoms with Crippen LogP contribution in [0.5, 0.6) is 0 Å². The lowest BCUT2D eigenvalue weighted by molar-refractivity contribution is -0.385. The van der Waals surface area contributed by atoms with E-state index in [4.69, 9.17) is 0 Å². The molecule has 25 heavy (non-hydrogen) atoms. The standard InChI is InChI=1S/C12H11F3N6O3S/c1-6(25-11-17-18-19-20(11)2)10(22)16-9-4-3-7(21(23)24)5-8(9)12(13,14)15/h3-6H,1-2H3,(H,16,22). The molecule has 1 aromatic heterocycles. The van der Waals surface area contributed by atoms with Crippen molar-refractivity contribution in [2.24, 2.45) is 7.05 Å². The summed E-state index contributed by atoms with van der Waals surface area (Å²) in [5.41, 5.74) is -2.59. The van der Waals surface area contributed by atoms with E-state index in [0.29, 0.717) is 11.2 Å². The molecule has 1 amide bonds. The van der Waals surface area contributed by atoms with Gasteiger partial charge in [0.1, 0.15) is 0 Å². The fourth-order valence-electron chi connectivity index (χ4n) is 1.76. The van der Waals surface area contributed by atoms with E-state index in [2.05, 4.69) is 20.8 Å². The molecule has 0 saturated carbocycles. The zero-order chi connectivity index (χ0) is 18.8. The number of nitro benzene ring substituents is 1. The van der Waals surface area contributed by atoms with Gasteiger partial charge in [-0.3, -0.25) is 14.9 Å². The quantitative estimate of drug-likeness (QED) is 0.483. The van der Waals surface area contributed by atoms with Crippen molar-refractivity contribution in [2.45, 2.75) is 23.5 Å². The number of rotatable bonds is 5. The molecule has 1 N–H and O–H groups in total. The second-order valence-corrected chi connectivity index (χ2v) is 6.13. The molecule has 0 aliphatic rings. The van der Waals surface area contributed by atoms with Crippen LogP contribution in [0.25, 0.3) is 0 Å². The van der Waals surface area contributed by atoms with Gasteiger partial charge < -0.3 is 5.32 Å². The smallest absolute Gasteiger partial charge is 0.325 e. The van der Waals surface area contributed by atoms with Gasteiger partial charge in [0.2, 0.25) is 11.1 Å². The van der Waals surface area contributed by atoms with Gasteiger partial charge in [0, 0.05) is 19.2 Å². The van der Waals surface area contributed by atoms with Gasteiger partial charge in [0.15, 0.2) is 0 Å². The summed E-state index contributed by atoms with van der Waals surface area (Å²) in [6.45, 7) is 1.47. The zero-order valence-electron chi connectivity index (χ0n) is 12.8. The van der Waals surface area contributed by atoms with Crippen molar-refractivity contribution in [3.05, 3.63) is 33.9 Å². The van der Waals surface area contributed by atoms with Crippen molar-refractivity contribution in [3.8, 4) is 0 Å². The van der Waals surface area contributed by atoms with Crippen LogP contribution in [0.4, 0.5) is 24.5 Å². The van der Waals surface area contributed by atoms with E-state index in [-0.39, 0.29) is 0 Å². The molecular weight excluding hydrogens is 365 g/mol. The Bertz CT molecular complexity index is 810. The number of non-ortho nitro benzene ring substituents is 1. The monoisotopic (exact) mass is 376 g/mol. The predicted molar refractivity (Wildman–Crippen MR) is 80.8 cm³/mol. The lowest BCUT2D eigenvalue weighted by Crippen LogP contribution is -2.24. The molecule has 2 rings (SSSR count). The van der Waals surface area contributed by atoms with E-state index in [0.717, 1.165) is 23.9 Å². The normalized spacial score (nSPS) is 12.7. The number of anilines is 1. The number of benzene rings is 1. The number of nitro groups is 1. The fraction of sp³-hybridized carbons (Fsp3) is 0.333. The first-order chi connectivity index (χ1) is 11.6. The number of tetrazole rings is 1. The number of halogens is 3. The summed E-state index contributed by atoms with van der Waals surface area (Å²) in [4.78, 5) is 21.9. The second-order valence-electron chi connectivity index (χ2n) is 4.82. The number of carbonyl (C=O) groups excluding carboxylic acids is 1. The van der Waals surface area contributed by atoms with E-state index < -0.39 is 39.2 Å². The maximum absolute atomic E-state index is 13.1. The molecule has 0 aliphatic carbocycles. The molecule has 0 radical (unpaired) electrons. The third-order valence-electron chi connectivity index (χ3n) is 3.01. The third-order valence-corrected chi connectivity index (χ3v) is 4.13. The number of nitrogens with zero attached hydrogens (tertiary/aromatic N) is 5. The molecule has 134 valence electrons. The first-order valence-corrected chi connectivity index (χ1v) is 7.53. The maximum Gasteiger partial charge on any atom is 0.418 e. The van der Waals surface area contributed by atoms with Crippen LogP contribution in [-0.4, -0.2) is 36.3 Å². The van der Waals surface area contributed by atoms with E-state index in [1.807, 2.05) is 0 Å². The van der Waals surface area contributed by atoms with Crippen molar-refractivity contribution >= 4 is 29.0 Å². The van der Waals surface area contributed by atoms with Gasteiger partial charge in [-0.15, -0.1) is 5.10 Å². The molecule has 0 aliphatic heterocycles. The highest BCUT2D eigenvalue weighted by Gasteiger charge is 2.36. The molecule has 0 bridgehead atoms. The number of aromatic nitrogens is 4. The van der Waals surface area contributed by atoms with Crippen molar-refractivity contribution in [3.63, 3.8) is 0 Å². The Morgan fingerprint density at radius 3 is 2.64 bits per heavy atom. The highest BCUT2D eigenvalue weighted by atomic mass is 32.2. The SMILES string of the molecule is CC(Sc1nnnn1C)C(=O)Nc1ccc([N+](=O)[O-])cc1C(F)(F)F. The minimum Gasteiger partial charge on any atom is -0.325 e. The van der Waals surface area contributed by atoms with Crippen LogP contribution >= 0.6 is 11.8 Å². The first kappa shape index (κ1) is 18.6. The molecule has 1 unspecified atom stereocenters. The lowest BCUT2D eigenvalue weighted by atomic mass is 10.1. The number of hydrogen-bond donors (Lipinski definition) is 1. The van der Waals surface area contributed by atoms with E-state index in [9.17, 15) is 28.1 Å². The highest BCUT2D eigenvalue weighted by Crippen LogP contribution is 2.37. The summed E-state index contributed by atoms with van der Waals surface area (Å²) in [6, 6.07) is 2.11. The largest absolute Gasteiger partial charge is 0.418 e. The van der Waals surface area contributed by atoms with Crippen LogP contribution in [0.2, 0.25) is 0 Å². The fourth-order valence-corrected chi connectivity index (χ4v) is 2.51. The molecule has 0 saturated heterocycles. The molecule has 0 spiro atoms. The lowest BCUT2D eigenvalue weighted by Gasteiger charge is -2.15. The maximum atomic E-state index is 13.1. The van der Waals surface area contributed by atoms with Gasteiger partial charge in [-0.2, -0.15) is 13.2 Å². The zero-order valence-corrected chi connectivity index (χ0v) is 13.6. The van der Waals surface area contributed by atoms with Crippen LogP contribution in [0.1, 0.15) is 12.5 Å². The average Bonchev–Trinajstić information content (AvgIpc) is 2.91. The van der Waals surface area contributed by atoms with Gasteiger partial charge in [-0.25, -0.2) is 4.68 Å². The Hall–Kier alpha value is -2.70. The number of aryl methyl sites for hydroxylation is 1. The highest BCUT2D eigenvalue weighted by molar-refractivity contribution is 8.00. The number of hydrogen-bond acceptors (Lipinski definition) is 7. The Morgan fingerprint density at radius 2 is 2.12 bits per heavy atom. The Kier molecular flexibility index (Phi) is 5.25. The molecule has 1 aromatic carbocycles. The molecule has 2 aromatic rings. The number of thioether (sulfide) groups is 1. The number of nitrogens with one attached hydrogen (secondary N) is 1. The second kappa shape index (κ2) is 7.04. The Balaban J connectivity index is 2.22. The summed E-state index contributed by atoms with van der Waals surface area (Å²) in [5.74, 6) is -0.729. The summed E-state index contributed by atoms with van der Waals surface area (Å²) in [6.07, 6.45) is -4.86. The van der Waals surface area contributed by atoms with Gasteiger partial charge >= 0.3 is 6.18 Å². The summed E-state index contributed by atoms with van der Waals surface area (Å²) in [7, 11) is 1.55. The summed E-state index contributed by atoms with van der Waals surface area (Å²) in [5, 5.41) is 22.9. The molecule has 1 atom stereocenters. The molecule has 1 heterocycles. The number of amides is 1. The third kappa shape index (κ3) is 4.43. The van der Waals surface area contributed by atoms with Gasteiger partial charge in [-0.05, 0) is 23.4 Å². The minimum atomic E-state index is -4.86. The van der Waals surface area contributed by atoms with Crippen molar-refractivity contribution in [1.82, 2.24) is 20.2 Å². The van der Waals surface area contributed by atoms with Gasteiger partial charge in [0.25, 0.3) is 5.69 Å². The van der Waals surface area contributed by atoms with Crippen LogP contribution in [0.15, 0.2) is 23.4 Å². The average molecular weight is 376 g/mol. The molecule has 0 fully saturated rings. The number of alkyl halides is 3. The van der Waals surface area contributed by atoms with Crippen LogP contribution in [-0.2, 0) is 18.0 Å². The first-order valence-electron chi connectivity index (χ1n) is 6.65. The number of carbonyl (C=O) groups is 1. The van der Waals surface area contributed by atoms with Crippen molar-refractivity contribution in [1.29, 1.82) is 0 Å². The Morgan fingerprint density at radius 1 is 1.44 bits per heavy atom. The van der Waals surface area contributed by atoms with E-state index >= 15 is 0 Å². The minimum absolute atomic E-state index is 0.308. The van der Waals surface area contributed by atoms with Crippen LogP contribution in [0, 0.1) is 10.1 Å². The van der Waals surface area contributed by atoms with E-state index in [1.54, 1.807) is 7.05 Å². The molecular formula is C12H11F3N6O3S. The van der Waals surface area contributed by atoms with E-state index in [1.165, 1.54) is 11.6 Å². The van der Waals surface area contributed by atoms with Crippen molar-refractivity contribution in [2.75, 3.05) is 5.32 Å². The Labute approximate surface area is 142 Å². The van der Waals surface area contributed by atoms with Gasteiger partial charge in [-0.1, -0.05) is 11.8 Å². The van der Waals surface area contributed by atoms with Crippen LogP contribution in [0.3, 0.4) is 0 Å². The summed E-state index contributed by atoms with van der Waals surface area (Å²) < 4.78 is 40.6. The molecule has 9 nitrogen and oxygen atoms in total. The molecule has 13 heteroatoms. The predicted octanol–water partition coefficient (Wildman–Crippen LogP) is 2.26. The van der Waals surface area contributed by atoms with Crippen molar-refractivity contribution < 1.29 is 22.9 Å². The summed E-state index contributed by atoms with van der Waals surface area (Å²) >= 11 is 0.951. The van der Waals surface area contributed by atoms with Gasteiger partial charge in [0.05, 0.1) is 21.4 Å².